The van der Waals surface area contributed by atoms with Gasteiger partial charge in [-0.25, -0.2) is 4.21 Å². The molecule has 0 bridgehead atoms. The molecule has 0 saturated carbocycles. The summed E-state index contributed by atoms with van der Waals surface area (Å²) in [5, 5.41) is 0. The van der Waals surface area contributed by atoms with E-state index in [2.05, 4.69) is 0 Å². The van der Waals surface area contributed by atoms with Gasteiger partial charge in [0.15, 0.2) is 0 Å². The summed E-state index contributed by atoms with van der Waals surface area (Å²) in [6, 6.07) is 0. The molecular weight excluding hydrogens is 262 g/mol. The molecule has 1 radical (unpaired) electrons. The van der Waals surface area contributed by atoms with Crippen molar-refractivity contribution in [3.05, 3.63) is 0 Å². The molecule has 0 aromatic carbocycles. The van der Waals surface area contributed by atoms with Crippen LogP contribution in [0.1, 0.15) is 0 Å². The standard InChI is InChI=1S/CH4O2S.Re/c1-4(2)3;/h1H3,(H,2,3);. The van der Waals surface area contributed by atoms with E-state index in [0.717, 1.165) is 0 Å². The third kappa shape index (κ3) is 61.5. The van der Waals surface area contributed by atoms with E-state index in [1.807, 2.05) is 0 Å². The van der Waals surface area contributed by atoms with Gasteiger partial charge in [-0.15, -0.1) is 0 Å². The molecule has 1 N–H and O–H groups in total. The largest absolute Gasteiger partial charge is 0.306 e. The van der Waals surface area contributed by atoms with Crippen LogP contribution in [0.2, 0.25) is 0 Å². The van der Waals surface area contributed by atoms with E-state index >= 15 is 0 Å². The van der Waals surface area contributed by atoms with Gasteiger partial charge in [0.1, 0.15) is 11.1 Å². The van der Waals surface area contributed by atoms with E-state index in [1.165, 1.54) is 6.26 Å². The summed E-state index contributed by atoms with van der Waals surface area (Å²) in [6.45, 7) is 0. The fourth-order valence-electron chi connectivity index (χ4n) is 0. The molecule has 0 aliphatic carbocycles. The zero-order valence-corrected chi connectivity index (χ0v) is 6.17. The third-order valence-electron chi connectivity index (χ3n) is 0. The molecule has 4 heteroatoms. The molecule has 0 rings (SSSR count). The molecule has 0 spiro atoms. The van der Waals surface area contributed by atoms with Gasteiger partial charge >= 0.3 is 0 Å². The maximum absolute atomic E-state index is 9.11. The quantitative estimate of drug-likeness (QED) is 0.618. The van der Waals surface area contributed by atoms with Gasteiger partial charge in [-0.05, 0) is 0 Å². The zero-order valence-electron chi connectivity index (χ0n) is 2.64. The molecular formula is CH4O2ReS. The number of rotatable bonds is 0. The van der Waals surface area contributed by atoms with Crippen LogP contribution >= 0.6 is 0 Å². The smallest absolute Gasteiger partial charge is 0.149 e. The van der Waals surface area contributed by atoms with Crippen molar-refractivity contribution in [1.82, 2.24) is 0 Å². The van der Waals surface area contributed by atoms with E-state index in [1.54, 1.807) is 0 Å². The maximum atomic E-state index is 9.11. The fraction of sp³-hybridized carbons (Fsp3) is 1.00. The summed E-state index contributed by atoms with van der Waals surface area (Å²) in [6.07, 6.45) is 1.19. The van der Waals surface area contributed by atoms with Crippen molar-refractivity contribution in [2.75, 3.05) is 6.26 Å². The van der Waals surface area contributed by atoms with Gasteiger partial charge in [-0.2, -0.15) is 0 Å². The first-order chi connectivity index (χ1) is 1.73. The van der Waals surface area contributed by atoms with Crippen molar-refractivity contribution in [2.24, 2.45) is 0 Å². The topological polar surface area (TPSA) is 37.3 Å². The predicted octanol–water partition coefficient (Wildman–Crippen LogP) is -0.165. The minimum absolute atomic E-state index is 0. The summed E-state index contributed by atoms with van der Waals surface area (Å²) >= 11 is -1.61. The molecule has 0 amide bonds. The van der Waals surface area contributed by atoms with Gasteiger partial charge in [-0.3, -0.25) is 0 Å². The van der Waals surface area contributed by atoms with Crippen LogP contribution < -0.4 is 0 Å². The molecule has 0 aromatic rings. The summed E-state index contributed by atoms with van der Waals surface area (Å²) in [4.78, 5) is 0. The second kappa shape index (κ2) is 4.77. The van der Waals surface area contributed by atoms with E-state index in [0.29, 0.717) is 0 Å². The summed E-state index contributed by atoms with van der Waals surface area (Å²) in [5.74, 6) is 0. The van der Waals surface area contributed by atoms with E-state index in [9.17, 15) is 0 Å². The maximum Gasteiger partial charge on any atom is 0.149 e. The molecule has 5 heavy (non-hydrogen) atoms. The minimum atomic E-state index is -1.61. The molecule has 0 aliphatic heterocycles. The van der Waals surface area contributed by atoms with Gasteiger partial charge < -0.3 is 4.55 Å². The first kappa shape index (κ1) is 9.24. The molecule has 0 heterocycles. The van der Waals surface area contributed by atoms with Crippen molar-refractivity contribution < 1.29 is 29.2 Å². The van der Waals surface area contributed by atoms with Crippen LogP contribution in [0.4, 0.5) is 0 Å². The molecule has 0 fully saturated rings. The Morgan fingerprint density at radius 1 is 1.80 bits per heavy atom. The first-order valence-corrected chi connectivity index (χ1v) is 2.27. The Hall–Kier alpha value is 0.772. The Bertz CT molecular complexity index is 32.6. The average Bonchev–Trinajstić information content (AvgIpc) is 0.811. The number of hydrogen-bond acceptors (Lipinski definition) is 1. The Kier molecular flexibility index (Phi) is 8.82. The predicted molar refractivity (Wildman–Crippen MR) is 16.7 cm³/mol. The molecule has 0 aromatic heterocycles. The Morgan fingerprint density at radius 3 is 1.80 bits per heavy atom. The van der Waals surface area contributed by atoms with Gasteiger partial charge in [0.2, 0.25) is 0 Å². The van der Waals surface area contributed by atoms with Crippen LogP contribution in [-0.2, 0) is 31.5 Å². The number of hydrogen-bond donors (Lipinski definition) is 1. The van der Waals surface area contributed by atoms with E-state index < -0.39 is 11.1 Å². The SMILES string of the molecule is CS(=O)O.[Re]. The van der Waals surface area contributed by atoms with E-state index in [-0.39, 0.29) is 20.4 Å². The Labute approximate surface area is 46.9 Å². The van der Waals surface area contributed by atoms with Crippen LogP contribution in [0.25, 0.3) is 0 Å². The Balaban J connectivity index is 0. The first-order valence-electron chi connectivity index (χ1n) is 0.757. The minimum Gasteiger partial charge on any atom is -0.306 e. The van der Waals surface area contributed by atoms with Crippen molar-refractivity contribution in [2.45, 2.75) is 0 Å². The van der Waals surface area contributed by atoms with E-state index in [4.69, 9.17) is 8.76 Å². The van der Waals surface area contributed by atoms with Crippen molar-refractivity contribution >= 4 is 11.1 Å². The fourth-order valence-corrected chi connectivity index (χ4v) is 0. The second-order valence-corrected chi connectivity index (χ2v) is 1.27. The molecule has 1 atom stereocenters. The van der Waals surface area contributed by atoms with Crippen LogP contribution in [0.3, 0.4) is 0 Å². The van der Waals surface area contributed by atoms with Gasteiger partial charge in [0.25, 0.3) is 0 Å². The molecule has 0 saturated heterocycles. The molecule has 2 nitrogen and oxygen atoms in total. The van der Waals surface area contributed by atoms with Crippen molar-refractivity contribution in [3.8, 4) is 0 Å². The average molecular weight is 266 g/mol. The summed E-state index contributed by atoms with van der Waals surface area (Å²) < 4.78 is 16.6. The van der Waals surface area contributed by atoms with Crippen LogP contribution in [0.15, 0.2) is 0 Å². The summed E-state index contributed by atoms with van der Waals surface area (Å²) in [7, 11) is 0. The van der Waals surface area contributed by atoms with Crippen LogP contribution in [0, 0.1) is 0 Å². The Morgan fingerprint density at radius 2 is 1.80 bits per heavy atom. The zero-order chi connectivity index (χ0) is 3.58. The monoisotopic (exact) mass is 267 g/mol. The molecule has 0 aliphatic rings. The van der Waals surface area contributed by atoms with Gasteiger partial charge in [0, 0.05) is 26.7 Å². The summed E-state index contributed by atoms with van der Waals surface area (Å²) in [5.41, 5.74) is 0. The van der Waals surface area contributed by atoms with Crippen LogP contribution in [0.5, 0.6) is 0 Å². The van der Waals surface area contributed by atoms with Crippen molar-refractivity contribution in [3.63, 3.8) is 0 Å². The third-order valence-corrected chi connectivity index (χ3v) is 0. The van der Waals surface area contributed by atoms with Gasteiger partial charge in [-0.1, -0.05) is 0 Å². The van der Waals surface area contributed by atoms with Crippen molar-refractivity contribution in [1.29, 1.82) is 0 Å². The molecule has 33 valence electrons. The van der Waals surface area contributed by atoms with Gasteiger partial charge in [0.05, 0.1) is 0 Å². The molecule has 1 unspecified atom stereocenters. The normalized spacial score (nSPS) is 12.4. The van der Waals surface area contributed by atoms with Crippen LogP contribution in [-0.4, -0.2) is 15.0 Å². The second-order valence-electron chi connectivity index (χ2n) is 0.424.